The van der Waals surface area contributed by atoms with Crippen LogP contribution in [0.1, 0.15) is 80.1 Å². The average Bonchev–Trinajstić information content (AvgIpc) is 3.20. The van der Waals surface area contributed by atoms with Crippen LogP contribution in [0.2, 0.25) is 0 Å². The molecule has 1 amide bonds. The zero-order valence-corrected chi connectivity index (χ0v) is 18.8. The number of rotatable bonds is 14. The average molecular weight is 423 g/mol. The molecule has 1 aromatic carbocycles. The third kappa shape index (κ3) is 7.57. The number of aromatic nitrogens is 1. The summed E-state index contributed by atoms with van der Waals surface area (Å²) in [6.07, 6.45) is 15.6. The number of nitrogen functional groups attached to an aromatic ring is 1. The zero-order chi connectivity index (χ0) is 21.7. The Morgan fingerprint density at radius 2 is 1.58 bits per heavy atom. The van der Waals surface area contributed by atoms with E-state index in [-0.39, 0.29) is 5.91 Å². The first kappa shape index (κ1) is 23.1. The zero-order valence-electron chi connectivity index (χ0n) is 18.8. The van der Waals surface area contributed by atoms with Gasteiger partial charge in [0.05, 0.1) is 5.56 Å². The molecule has 0 atom stereocenters. The topological polar surface area (TPSA) is 71.2 Å². The highest BCUT2D eigenvalue weighted by Gasteiger charge is 2.17. The minimum Gasteiger partial charge on any atom is -0.383 e. The van der Waals surface area contributed by atoms with Gasteiger partial charge < -0.3 is 16.0 Å². The summed E-state index contributed by atoms with van der Waals surface area (Å²) in [4.78, 5) is 18.6. The van der Waals surface area contributed by atoms with Crippen LogP contribution in [-0.2, 0) is 6.42 Å². The summed E-state index contributed by atoms with van der Waals surface area (Å²) in [7, 11) is 0. The molecule has 2 aromatic rings. The van der Waals surface area contributed by atoms with Crippen molar-refractivity contribution in [2.75, 3.05) is 30.3 Å². The quantitative estimate of drug-likeness (QED) is 0.402. The monoisotopic (exact) mass is 422 g/mol. The summed E-state index contributed by atoms with van der Waals surface area (Å²) in [5.41, 5.74) is 9.17. The van der Waals surface area contributed by atoms with Crippen LogP contribution in [0.3, 0.4) is 0 Å². The molecule has 1 aliphatic heterocycles. The van der Waals surface area contributed by atoms with E-state index in [1.165, 1.54) is 88.5 Å². The maximum atomic E-state index is 12.0. The van der Waals surface area contributed by atoms with Gasteiger partial charge in [-0.1, -0.05) is 69.6 Å². The minimum atomic E-state index is -0.125. The maximum absolute atomic E-state index is 12.0. The van der Waals surface area contributed by atoms with E-state index in [9.17, 15) is 4.79 Å². The largest absolute Gasteiger partial charge is 0.383 e. The molecule has 0 spiro atoms. The summed E-state index contributed by atoms with van der Waals surface area (Å²) < 4.78 is 0. The molecule has 0 saturated carbocycles. The number of amides is 1. The van der Waals surface area contributed by atoms with Crippen molar-refractivity contribution < 1.29 is 4.79 Å². The molecule has 1 aromatic heterocycles. The number of benzene rings is 1. The molecule has 1 aliphatic rings. The van der Waals surface area contributed by atoms with Gasteiger partial charge in [0, 0.05) is 31.5 Å². The van der Waals surface area contributed by atoms with Crippen LogP contribution >= 0.6 is 0 Å². The van der Waals surface area contributed by atoms with Crippen LogP contribution in [0.25, 0.3) is 0 Å². The molecule has 5 nitrogen and oxygen atoms in total. The van der Waals surface area contributed by atoms with Crippen molar-refractivity contribution in [2.24, 2.45) is 0 Å². The lowest BCUT2D eigenvalue weighted by atomic mass is 10.1. The van der Waals surface area contributed by atoms with Crippen LogP contribution < -0.4 is 16.0 Å². The van der Waals surface area contributed by atoms with Gasteiger partial charge in [0.1, 0.15) is 5.82 Å². The molecule has 31 heavy (non-hydrogen) atoms. The number of pyridine rings is 1. The van der Waals surface area contributed by atoms with Gasteiger partial charge in [-0.05, 0) is 43.0 Å². The normalized spacial score (nSPS) is 12.7. The molecule has 3 rings (SSSR count). The minimum absolute atomic E-state index is 0.125. The van der Waals surface area contributed by atoms with Gasteiger partial charge in [-0.15, -0.1) is 0 Å². The predicted octanol–water partition coefficient (Wildman–Crippen LogP) is 5.36. The van der Waals surface area contributed by atoms with Gasteiger partial charge in [0.15, 0.2) is 0 Å². The Kier molecular flexibility index (Phi) is 9.68. The van der Waals surface area contributed by atoms with Crippen molar-refractivity contribution in [1.82, 2.24) is 10.3 Å². The van der Waals surface area contributed by atoms with Crippen molar-refractivity contribution in [2.45, 2.75) is 70.6 Å². The summed E-state index contributed by atoms with van der Waals surface area (Å²) >= 11 is 0. The van der Waals surface area contributed by atoms with E-state index in [2.05, 4.69) is 39.5 Å². The molecule has 0 unspecified atom stereocenters. The number of nitrogens with zero attached hydrogens (tertiary/aromatic N) is 2. The number of hydrogen-bond donors (Lipinski definition) is 2. The molecular weight excluding hydrogens is 384 g/mol. The summed E-state index contributed by atoms with van der Waals surface area (Å²) in [6.45, 7) is 3.11. The summed E-state index contributed by atoms with van der Waals surface area (Å²) in [5.74, 6) is 0.168. The molecular formula is C26H38N4O. The maximum Gasteiger partial charge on any atom is 0.255 e. The number of nitrogens with one attached hydrogen (secondary N) is 1. The SMILES string of the molecule is Nc1ncccc1C(=O)NCCCCCCCCCCCCN1CCc2ccccc21. The number of nitrogens with two attached hydrogens (primary N) is 1. The fourth-order valence-corrected chi connectivity index (χ4v) is 4.39. The Labute approximate surface area is 187 Å². The van der Waals surface area contributed by atoms with Crippen molar-refractivity contribution in [3.05, 3.63) is 53.7 Å². The van der Waals surface area contributed by atoms with Gasteiger partial charge >= 0.3 is 0 Å². The number of unbranched alkanes of at least 4 members (excludes halogenated alkanes) is 9. The number of hydrogen-bond acceptors (Lipinski definition) is 4. The molecule has 5 heteroatoms. The smallest absolute Gasteiger partial charge is 0.255 e. The Morgan fingerprint density at radius 3 is 2.32 bits per heavy atom. The lowest BCUT2D eigenvalue weighted by Gasteiger charge is -2.19. The molecule has 0 radical (unpaired) electrons. The number of carbonyl (C=O) groups is 1. The van der Waals surface area contributed by atoms with Gasteiger partial charge in [-0.3, -0.25) is 4.79 Å². The van der Waals surface area contributed by atoms with Crippen LogP contribution in [0, 0.1) is 0 Å². The standard InChI is InChI=1S/C26H38N4O/c27-25-23(15-13-19-28-25)26(31)29-18-11-7-5-3-1-2-4-6-8-12-20-30-21-17-22-14-9-10-16-24(22)30/h9-10,13-16,19H,1-8,11-12,17-18,20-21H2,(H2,27,28)(H,29,31). The van der Waals surface area contributed by atoms with Gasteiger partial charge in [0.25, 0.3) is 5.91 Å². The second-order valence-electron chi connectivity index (χ2n) is 8.59. The van der Waals surface area contributed by atoms with Crippen molar-refractivity contribution in [3.8, 4) is 0 Å². The van der Waals surface area contributed by atoms with E-state index in [0.29, 0.717) is 17.9 Å². The first-order valence-corrected chi connectivity index (χ1v) is 12.1. The molecule has 0 aliphatic carbocycles. The van der Waals surface area contributed by atoms with Crippen molar-refractivity contribution >= 4 is 17.4 Å². The van der Waals surface area contributed by atoms with Gasteiger partial charge in [0.2, 0.25) is 0 Å². The lowest BCUT2D eigenvalue weighted by molar-refractivity contribution is 0.0953. The van der Waals surface area contributed by atoms with E-state index in [1.54, 1.807) is 18.3 Å². The van der Waals surface area contributed by atoms with Gasteiger partial charge in [-0.2, -0.15) is 0 Å². The van der Waals surface area contributed by atoms with E-state index < -0.39 is 0 Å². The number of carbonyl (C=O) groups excluding carboxylic acids is 1. The highest BCUT2D eigenvalue weighted by atomic mass is 16.1. The molecule has 0 fully saturated rings. The first-order valence-electron chi connectivity index (χ1n) is 12.1. The second-order valence-corrected chi connectivity index (χ2v) is 8.59. The lowest BCUT2D eigenvalue weighted by Crippen LogP contribution is -2.25. The van der Waals surface area contributed by atoms with Gasteiger partial charge in [-0.25, -0.2) is 4.98 Å². The van der Waals surface area contributed by atoms with Crippen LogP contribution in [0.15, 0.2) is 42.6 Å². The first-order chi connectivity index (χ1) is 15.3. The predicted molar refractivity (Wildman–Crippen MR) is 130 cm³/mol. The molecule has 3 N–H and O–H groups in total. The second kappa shape index (κ2) is 13.0. The Balaban J connectivity index is 1.10. The number of para-hydroxylation sites is 1. The highest BCUT2D eigenvalue weighted by molar-refractivity contribution is 5.98. The van der Waals surface area contributed by atoms with Crippen LogP contribution in [0.5, 0.6) is 0 Å². The number of anilines is 2. The molecule has 0 saturated heterocycles. The fraction of sp³-hybridized carbons (Fsp3) is 0.538. The summed E-state index contributed by atoms with van der Waals surface area (Å²) in [5, 5.41) is 2.93. The van der Waals surface area contributed by atoms with E-state index in [0.717, 1.165) is 6.42 Å². The van der Waals surface area contributed by atoms with E-state index in [1.807, 2.05) is 0 Å². The molecule has 2 heterocycles. The van der Waals surface area contributed by atoms with Crippen molar-refractivity contribution in [3.63, 3.8) is 0 Å². The van der Waals surface area contributed by atoms with E-state index in [4.69, 9.17) is 5.73 Å². The fourth-order valence-electron chi connectivity index (χ4n) is 4.39. The van der Waals surface area contributed by atoms with Crippen LogP contribution in [0.4, 0.5) is 11.5 Å². The number of fused-ring (bicyclic) bond motifs is 1. The van der Waals surface area contributed by atoms with Crippen LogP contribution in [-0.4, -0.2) is 30.5 Å². The Bertz CT molecular complexity index is 807. The Hall–Kier alpha value is -2.56. The third-order valence-electron chi connectivity index (χ3n) is 6.21. The molecule has 168 valence electrons. The van der Waals surface area contributed by atoms with E-state index >= 15 is 0 Å². The summed E-state index contributed by atoms with van der Waals surface area (Å²) in [6, 6.07) is 12.3. The highest BCUT2D eigenvalue weighted by Crippen LogP contribution is 2.27. The molecule has 0 bridgehead atoms. The van der Waals surface area contributed by atoms with Crippen molar-refractivity contribution in [1.29, 1.82) is 0 Å². The third-order valence-corrected chi connectivity index (χ3v) is 6.21. The Morgan fingerprint density at radius 1 is 0.903 bits per heavy atom.